The molecule has 0 bridgehead atoms. The molecule has 0 radical (unpaired) electrons. The Balaban J connectivity index is 3.76. The molecule has 1 amide bonds. The van der Waals surface area contributed by atoms with Gasteiger partial charge < -0.3 is 10.1 Å². The molecule has 0 aromatic rings. The predicted molar refractivity (Wildman–Crippen MR) is 80.2 cm³/mol. The van der Waals surface area contributed by atoms with Crippen LogP contribution in [0.3, 0.4) is 0 Å². The highest BCUT2D eigenvalue weighted by Crippen LogP contribution is 2.14. The molecule has 5 heteroatoms. The van der Waals surface area contributed by atoms with Crippen molar-refractivity contribution in [2.75, 3.05) is 12.9 Å². The Hall–Kier alpha value is -0.710. The lowest BCUT2D eigenvalue weighted by Crippen LogP contribution is -2.34. The van der Waals surface area contributed by atoms with Crippen molar-refractivity contribution in [2.24, 2.45) is 5.92 Å². The highest BCUT2D eigenvalue weighted by molar-refractivity contribution is 8.00. The highest BCUT2D eigenvalue weighted by atomic mass is 32.2. The minimum atomic E-state index is -0.231. The SMILES string of the molecule is COC(=O)CC(C)SCC(=O)NC(C)CCC(C)C. The lowest BCUT2D eigenvalue weighted by molar-refractivity contribution is -0.140. The van der Waals surface area contributed by atoms with Gasteiger partial charge in [0.05, 0.1) is 19.3 Å². The van der Waals surface area contributed by atoms with Gasteiger partial charge in [0.25, 0.3) is 0 Å². The third kappa shape index (κ3) is 10.9. The number of nitrogens with one attached hydrogen (secondary N) is 1. The molecule has 0 saturated heterocycles. The average molecular weight is 289 g/mol. The van der Waals surface area contributed by atoms with Crippen molar-refractivity contribution in [3.05, 3.63) is 0 Å². The largest absolute Gasteiger partial charge is 0.469 e. The molecule has 1 N–H and O–H groups in total. The smallest absolute Gasteiger partial charge is 0.306 e. The van der Waals surface area contributed by atoms with Crippen molar-refractivity contribution in [1.29, 1.82) is 0 Å². The Labute approximate surface area is 121 Å². The molecule has 2 unspecified atom stereocenters. The van der Waals surface area contributed by atoms with Crippen LogP contribution in [-0.2, 0) is 14.3 Å². The summed E-state index contributed by atoms with van der Waals surface area (Å²) in [5.41, 5.74) is 0. The zero-order valence-electron chi connectivity index (χ0n) is 12.7. The Morgan fingerprint density at radius 3 is 2.32 bits per heavy atom. The van der Waals surface area contributed by atoms with E-state index >= 15 is 0 Å². The molecule has 0 aliphatic rings. The summed E-state index contributed by atoms with van der Waals surface area (Å²) in [6.07, 6.45) is 2.47. The first-order valence-electron chi connectivity index (χ1n) is 6.82. The number of methoxy groups -OCH3 is 1. The zero-order chi connectivity index (χ0) is 14.8. The van der Waals surface area contributed by atoms with Gasteiger partial charge in [0, 0.05) is 11.3 Å². The molecule has 4 nitrogen and oxygen atoms in total. The van der Waals surface area contributed by atoms with Crippen LogP contribution < -0.4 is 5.32 Å². The maximum absolute atomic E-state index is 11.7. The van der Waals surface area contributed by atoms with E-state index in [9.17, 15) is 9.59 Å². The third-order valence-electron chi connectivity index (χ3n) is 2.77. The molecule has 0 saturated carbocycles. The van der Waals surface area contributed by atoms with Crippen LogP contribution in [0.4, 0.5) is 0 Å². The third-order valence-corrected chi connectivity index (χ3v) is 3.93. The second kappa shape index (κ2) is 10.1. The van der Waals surface area contributed by atoms with Crippen LogP contribution in [0.1, 0.15) is 47.0 Å². The highest BCUT2D eigenvalue weighted by Gasteiger charge is 2.13. The van der Waals surface area contributed by atoms with Gasteiger partial charge in [-0.2, -0.15) is 0 Å². The van der Waals surface area contributed by atoms with E-state index in [1.54, 1.807) is 0 Å². The number of rotatable bonds is 9. The second-order valence-electron chi connectivity index (χ2n) is 5.34. The first-order chi connectivity index (χ1) is 8.85. The van der Waals surface area contributed by atoms with Crippen molar-refractivity contribution in [2.45, 2.75) is 58.2 Å². The molecule has 0 spiro atoms. The van der Waals surface area contributed by atoms with Crippen LogP contribution in [0, 0.1) is 5.92 Å². The van der Waals surface area contributed by atoms with Crippen molar-refractivity contribution in [1.82, 2.24) is 5.32 Å². The molecular weight excluding hydrogens is 262 g/mol. The summed E-state index contributed by atoms with van der Waals surface area (Å²) in [7, 11) is 1.38. The second-order valence-corrected chi connectivity index (χ2v) is 6.77. The van der Waals surface area contributed by atoms with Gasteiger partial charge in [-0.15, -0.1) is 11.8 Å². The fraction of sp³-hybridized carbons (Fsp3) is 0.857. The number of esters is 1. The van der Waals surface area contributed by atoms with Crippen LogP contribution in [-0.4, -0.2) is 36.0 Å². The van der Waals surface area contributed by atoms with E-state index in [-0.39, 0.29) is 23.2 Å². The van der Waals surface area contributed by atoms with E-state index in [0.29, 0.717) is 18.1 Å². The van der Waals surface area contributed by atoms with E-state index in [1.807, 2.05) is 13.8 Å². The van der Waals surface area contributed by atoms with E-state index < -0.39 is 0 Å². The molecule has 0 aliphatic carbocycles. The van der Waals surface area contributed by atoms with Crippen LogP contribution in [0.5, 0.6) is 0 Å². The fourth-order valence-electron chi connectivity index (χ4n) is 1.57. The molecular formula is C14H27NO3S. The number of hydrogen-bond acceptors (Lipinski definition) is 4. The number of ether oxygens (including phenoxy) is 1. The standard InChI is InChI=1S/C14H27NO3S/c1-10(2)6-7-11(3)15-13(16)9-19-12(4)8-14(17)18-5/h10-12H,6-9H2,1-5H3,(H,15,16). The lowest BCUT2D eigenvalue weighted by atomic mass is 10.0. The summed E-state index contributed by atoms with van der Waals surface area (Å²) in [6.45, 7) is 8.32. The van der Waals surface area contributed by atoms with E-state index in [2.05, 4.69) is 23.9 Å². The summed E-state index contributed by atoms with van der Waals surface area (Å²) in [5, 5.41) is 3.08. The summed E-state index contributed by atoms with van der Waals surface area (Å²) >= 11 is 1.48. The number of thioether (sulfide) groups is 1. The number of carbonyl (C=O) groups excluding carboxylic acids is 2. The van der Waals surface area contributed by atoms with Crippen molar-refractivity contribution >= 4 is 23.6 Å². The Bertz CT molecular complexity index is 282. The van der Waals surface area contributed by atoms with E-state index in [1.165, 1.54) is 18.9 Å². The van der Waals surface area contributed by atoms with Gasteiger partial charge >= 0.3 is 5.97 Å². The van der Waals surface area contributed by atoms with Crippen molar-refractivity contribution < 1.29 is 14.3 Å². The van der Waals surface area contributed by atoms with Crippen LogP contribution in [0.2, 0.25) is 0 Å². The molecule has 0 aliphatic heterocycles. The van der Waals surface area contributed by atoms with Gasteiger partial charge in [0.15, 0.2) is 0 Å². The normalized spacial score (nSPS) is 14.0. The Morgan fingerprint density at radius 1 is 1.16 bits per heavy atom. The molecule has 0 fully saturated rings. The number of amides is 1. The molecule has 0 rings (SSSR count). The quantitative estimate of drug-likeness (QED) is 0.663. The van der Waals surface area contributed by atoms with E-state index in [4.69, 9.17) is 0 Å². The molecule has 2 atom stereocenters. The summed E-state index contributed by atoms with van der Waals surface area (Å²) < 4.78 is 4.59. The molecule has 0 aromatic heterocycles. The lowest BCUT2D eigenvalue weighted by Gasteiger charge is -2.16. The van der Waals surface area contributed by atoms with Crippen LogP contribution in [0.15, 0.2) is 0 Å². The van der Waals surface area contributed by atoms with Gasteiger partial charge in [-0.05, 0) is 25.7 Å². The maximum Gasteiger partial charge on any atom is 0.306 e. The molecule has 19 heavy (non-hydrogen) atoms. The van der Waals surface area contributed by atoms with Gasteiger partial charge in [-0.3, -0.25) is 9.59 Å². The van der Waals surface area contributed by atoms with Gasteiger partial charge in [-0.1, -0.05) is 20.8 Å². The number of hydrogen-bond donors (Lipinski definition) is 1. The molecule has 0 heterocycles. The minimum absolute atomic E-state index is 0.0398. The molecule has 112 valence electrons. The predicted octanol–water partition coefficient (Wildman–Crippen LogP) is 2.61. The Morgan fingerprint density at radius 2 is 1.79 bits per heavy atom. The maximum atomic E-state index is 11.7. The number of carbonyl (C=O) groups is 2. The van der Waals surface area contributed by atoms with Crippen molar-refractivity contribution in [3.63, 3.8) is 0 Å². The topological polar surface area (TPSA) is 55.4 Å². The summed E-state index contributed by atoms with van der Waals surface area (Å²) in [6, 6.07) is 0.214. The molecule has 0 aromatic carbocycles. The van der Waals surface area contributed by atoms with Crippen molar-refractivity contribution in [3.8, 4) is 0 Å². The van der Waals surface area contributed by atoms with Crippen LogP contribution in [0.25, 0.3) is 0 Å². The average Bonchev–Trinajstić information content (AvgIpc) is 2.33. The van der Waals surface area contributed by atoms with E-state index in [0.717, 1.165) is 12.8 Å². The Kier molecular flexibility index (Phi) is 9.74. The first-order valence-corrected chi connectivity index (χ1v) is 7.87. The van der Waals surface area contributed by atoms with Gasteiger partial charge in [0.1, 0.15) is 0 Å². The summed E-state index contributed by atoms with van der Waals surface area (Å²) in [5.74, 6) is 0.863. The fourth-order valence-corrected chi connectivity index (χ4v) is 2.34. The monoisotopic (exact) mass is 289 g/mol. The van der Waals surface area contributed by atoms with Gasteiger partial charge in [-0.25, -0.2) is 0 Å². The first kappa shape index (κ1) is 18.3. The summed E-state index contributed by atoms with van der Waals surface area (Å²) in [4.78, 5) is 22.8. The van der Waals surface area contributed by atoms with Gasteiger partial charge in [0.2, 0.25) is 5.91 Å². The zero-order valence-corrected chi connectivity index (χ0v) is 13.5. The minimum Gasteiger partial charge on any atom is -0.469 e. The van der Waals surface area contributed by atoms with Crippen LogP contribution >= 0.6 is 11.8 Å².